The molecule has 1 unspecified atom stereocenters. The number of nitrogens with one attached hydrogen (secondary N) is 1. The molecule has 1 aliphatic heterocycles. The molecule has 0 aromatic heterocycles. The minimum absolute atomic E-state index is 0.141. The molecular formula is C15H22BNO3. The number of hydrogen-bond donors (Lipinski definition) is 2. The van der Waals surface area contributed by atoms with Crippen LogP contribution < -0.4 is 5.32 Å². The van der Waals surface area contributed by atoms with E-state index in [4.69, 9.17) is 4.65 Å². The fourth-order valence-corrected chi connectivity index (χ4v) is 1.96. The summed E-state index contributed by atoms with van der Waals surface area (Å²) in [4.78, 5) is 12.0. The average Bonchev–Trinajstić information content (AvgIpc) is 2.39. The molecule has 2 N–H and O–H groups in total. The summed E-state index contributed by atoms with van der Waals surface area (Å²) in [6.07, 6.45) is 12.7. The van der Waals surface area contributed by atoms with Gasteiger partial charge in [0.2, 0.25) is 5.91 Å². The van der Waals surface area contributed by atoms with E-state index in [1.165, 1.54) is 0 Å². The minimum Gasteiger partial charge on any atom is -0.426 e. The van der Waals surface area contributed by atoms with Crippen molar-refractivity contribution in [2.45, 2.75) is 32.1 Å². The Morgan fingerprint density at radius 2 is 2.40 bits per heavy atom. The van der Waals surface area contributed by atoms with E-state index in [0.717, 1.165) is 12.0 Å². The van der Waals surface area contributed by atoms with Gasteiger partial charge in [-0.05, 0) is 25.3 Å². The van der Waals surface area contributed by atoms with E-state index in [0.29, 0.717) is 13.0 Å². The zero-order valence-corrected chi connectivity index (χ0v) is 11.9. The molecule has 0 bridgehead atoms. The summed E-state index contributed by atoms with van der Waals surface area (Å²) in [6.45, 7) is 5.99. The first kappa shape index (κ1) is 16.5. The summed E-state index contributed by atoms with van der Waals surface area (Å²) in [7, 11) is -0.961. The van der Waals surface area contributed by atoms with Gasteiger partial charge in [0.15, 0.2) is 0 Å². The van der Waals surface area contributed by atoms with Crippen molar-refractivity contribution < 1.29 is 14.5 Å². The fraction of sp³-hybridized carbons (Fsp3) is 0.400. The van der Waals surface area contributed by atoms with Crippen LogP contribution in [0.25, 0.3) is 0 Å². The van der Waals surface area contributed by atoms with Crippen LogP contribution in [0, 0.1) is 0 Å². The van der Waals surface area contributed by atoms with E-state index in [2.05, 4.69) is 11.9 Å². The van der Waals surface area contributed by atoms with Gasteiger partial charge in [0, 0.05) is 6.61 Å². The highest BCUT2D eigenvalue weighted by Crippen LogP contribution is 2.08. The summed E-state index contributed by atoms with van der Waals surface area (Å²) in [5.74, 6) is -0.549. The Balaban J connectivity index is 2.58. The zero-order valence-electron chi connectivity index (χ0n) is 11.9. The lowest BCUT2D eigenvalue weighted by Crippen LogP contribution is -2.48. The first-order valence-electron chi connectivity index (χ1n) is 6.85. The highest BCUT2D eigenvalue weighted by atomic mass is 16.5. The lowest BCUT2D eigenvalue weighted by Gasteiger charge is -2.21. The molecule has 0 saturated heterocycles. The van der Waals surface area contributed by atoms with Crippen LogP contribution >= 0.6 is 0 Å². The van der Waals surface area contributed by atoms with E-state index >= 15 is 0 Å². The van der Waals surface area contributed by atoms with Gasteiger partial charge in [-0.15, -0.1) is 0 Å². The number of hydrogen-bond acceptors (Lipinski definition) is 3. The quantitative estimate of drug-likeness (QED) is 0.458. The van der Waals surface area contributed by atoms with Gasteiger partial charge in [-0.1, -0.05) is 43.0 Å². The Morgan fingerprint density at radius 1 is 1.60 bits per heavy atom. The third-order valence-electron chi connectivity index (χ3n) is 2.90. The van der Waals surface area contributed by atoms with Crippen LogP contribution in [0.1, 0.15) is 26.2 Å². The molecule has 1 amide bonds. The largest absolute Gasteiger partial charge is 0.478 e. The Bertz CT molecular complexity index is 415. The van der Waals surface area contributed by atoms with E-state index < -0.39 is 13.1 Å². The van der Waals surface area contributed by atoms with Crippen molar-refractivity contribution in [1.29, 1.82) is 0 Å². The SMILES string of the molecule is C=C/C=C(\C=C/C)CC(=O)NC1C/C=C\CCOB1O. The van der Waals surface area contributed by atoms with Crippen molar-refractivity contribution in [3.63, 3.8) is 0 Å². The molecule has 1 heterocycles. The highest BCUT2D eigenvalue weighted by molar-refractivity contribution is 6.45. The van der Waals surface area contributed by atoms with Crippen molar-refractivity contribution in [2.24, 2.45) is 0 Å². The van der Waals surface area contributed by atoms with Gasteiger partial charge >= 0.3 is 7.12 Å². The molecule has 0 fully saturated rings. The van der Waals surface area contributed by atoms with Crippen molar-refractivity contribution in [1.82, 2.24) is 5.32 Å². The summed E-state index contributed by atoms with van der Waals surface area (Å²) in [5.41, 5.74) is 0.872. The summed E-state index contributed by atoms with van der Waals surface area (Å²) in [5, 5.41) is 12.7. The number of amides is 1. The standard InChI is InChI=1S/C15H22BNO3/c1-3-8-13(9-4-2)12-15(18)17-14-10-6-5-7-11-20-16(14)19/h3-6,8-9,14,19H,1,7,10-12H2,2H3,(H,17,18)/b6-5-,9-4-,13-8+. The molecule has 5 heteroatoms. The third-order valence-corrected chi connectivity index (χ3v) is 2.90. The van der Waals surface area contributed by atoms with Gasteiger partial charge in [0.05, 0.1) is 12.4 Å². The van der Waals surface area contributed by atoms with Crippen LogP contribution in [-0.4, -0.2) is 30.6 Å². The van der Waals surface area contributed by atoms with Gasteiger partial charge in [-0.3, -0.25) is 4.79 Å². The normalized spacial score (nSPS) is 22.2. The summed E-state index contributed by atoms with van der Waals surface area (Å²) in [6, 6.07) is 0. The molecule has 20 heavy (non-hydrogen) atoms. The molecule has 0 spiro atoms. The van der Waals surface area contributed by atoms with E-state index in [1.54, 1.807) is 12.2 Å². The van der Waals surface area contributed by atoms with Crippen LogP contribution in [0.4, 0.5) is 0 Å². The third kappa shape index (κ3) is 6.04. The molecule has 0 aromatic rings. The van der Waals surface area contributed by atoms with Gasteiger partial charge in [-0.25, -0.2) is 0 Å². The predicted octanol–water partition coefficient (Wildman–Crippen LogP) is 1.94. The van der Waals surface area contributed by atoms with Crippen LogP contribution in [0.15, 0.2) is 48.6 Å². The fourth-order valence-electron chi connectivity index (χ4n) is 1.96. The zero-order chi connectivity index (χ0) is 14.8. The first-order valence-corrected chi connectivity index (χ1v) is 6.85. The van der Waals surface area contributed by atoms with Gasteiger partial charge < -0.3 is 15.0 Å². The van der Waals surface area contributed by atoms with Crippen LogP contribution in [0.5, 0.6) is 0 Å². The molecule has 0 radical (unpaired) electrons. The molecule has 0 saturated carbocycles. The molecule has 1 aliphatic rings. The summed E-state index contributed by atoms with van der Waals surface area (Å²) >= 11 is 0. The maximum absolute atomic E-state index is 12.0. The maximum Gasteiger partial charge on any atom is 0.478 e. The van der Waals surface area contributed by atoms with E-state index in [-0.39, 0.29) is 12.3 Å². The van der Waals surface area contributed by atoms with Gasteiger partial charge in [0.1, 0.15) is 0 Å². The monoisotopic (exact) mass is 275 g/mol. The van der Waals surface area contributed by atoms with Crippen molar-refractivity contribution in [2.75, 3.05) is 6.61 Å². The van der Waals surface area contributed by atoms with Crippen LogP contribution in [0.3, 0.4) is 0 Å². The Hall–Kier alpha value is -1.59. The molecular weight excluding hydrogens is 253 g/mol. The van der Waals surface area contributed by atoms with Gasteiger partial charge in [-0.2, -0.15) is 0 Å². The highest BCUT2D eigenvalue weighted by Gasteiger charge is 2.28. The lowest BCUT2D eigenvalue weighted by atomic mass is 9.76. The van der Waals surface area contributed by atoms with E-state index in [9.17, 15) is 9.82 Å². The van der Waals surface area contributed by atoms with Crippen molar-refractivity contribution in [3.05, 3.63) is 48.6 Å². The lowest BCUT2D eigenvalue weighted by molar-refractivity contribution is -0.120. The van der Waals surface area contributed by atoms with Gasteiger partial charge in [0.25, 0.3) is 0 Å². The first-order chi connectivity index (χ1) is 9.67. The average molecular weight is 275 g/mol. The second kappa shape index (κ2) is 9.34. The molecule has 4 nitrogen and oxygen atoms in total. The molecule has 0 aliphatic carbocycles. The molecule has 0 aromatic carbocycles. The van der Waals surface area contributed by atoms with Crippen LogP contribution in [0.2, 0.25) is 0 Å². The van der Waals surface area contributed by atoms with Crippen molar-refractivity contribution >= 4 is 13.0 Å². The molecule has 108 valence electrons. The maximum atomic E-state index is 12.0. The number of carbonyl (C=O) groups is 1. The summed E-state index contributed by atoms with van der Waals surface area (Å²) < 4.78 is 5.24. The molecule has 1 atom stereocenters. The minimum atomic E-state index is -0.961. The smallest absolute Gasteiger partial charge is 0.426 e. The van der Waals surface area contributed by atoms with Crippen LogP contribution in [-0.2, 0) is 9.45 Å². The molecule has 1 rings (SSSR count). The number of carbonyl (C=O) groups excluding carboxylic acids is 1. The Labute approximate surface area is 121 Å². The number of allylic oxidation sites excluding steroid dienone is 4. The second-order valence-electron chi connectivity index (χ2n) is 4.59. The topological polar surface area (TPSA) is 58.6 Å². The number of rotatable bonds is 5. The van der Waals surface area contributed by atoms with E-state index in [1.807, 2.05) is 31.2 Å². The predicted molar refractivity (Wildman–Crippen MR) is 81.9 cm³/mol. The second-order valence-corrected chi connectivity index (χ2v) is 4.59. The van der Waals surface area contributed by atoms with Crippen molar-refractivity contribution in [3.8, 4) is 0 Å². The Morgan fingerprint density at radius 3 is 3.10 bits per heavy atom. The Kier molecular flexibility index (Phi) is 7.69.